The van der Waals surface area contributed by atoms with Crippen LogP contribution < -0.4 is 14.3 Å². The first kappa shape index (κ1) is 50.5. The quantitative estimate of drug-likeness (QED) is 0.0412. The summed E-state index contributed by atoms with van der Waals surface area (Å²) >= 11 is 0. The Balaban J connectivity index is 0.000000592. The van der Waals surface area contributed by atoms with Crippen LogP contribution in [0.15, 0.2) is 48.5 Å². The monoisotopic (exact) mass is 785 g/mol. The molecular formula is C46H78BO7P. The van der Waals surface area contributed by atoms with Gasteiger partial charge >= 0.3 is 19.3 Å². The van der Waals surface area contributed by atoms with E-state index >= 15 is 0 Å². The summed E-state index contributed by atoms with van der Waals surface area (Å²) in [6.45, 7) is 9.41. The third-order valence-corrected chi connectivity index (χ3v) is 15.7. The molecule has 0 amide bonds. The Morgan fingerprint density at radius 3 is 1.02 bits per heavy atom. The van der Waals surface area contributed by atoms with Crippen molar-refractivity contribution in [3.8, 4) is 11.5 Å². The first-order valence-corrected chi connectivity index (χ1v) is 24.7. The van der Waals surface area contributed by atoms with E-state index in [1.807, 2.05) is 0 Å². The van der Waals surface area contributed by atoms with Gasteiger partial charge in [-0.25, -0.2) is 9.59 Å². The number of carboxylic acids is 2. The lowest BCUT2D eigenvalue weighted by molar-refractivity contribution is -0.235. The van der Waals surface area contributed by atoms with Gasteiger partial charge in [0.2, 0.25) is 0 Å². The van der Waals surface area contributed by atoms with Crippen molar-refractivity contribution in [3.63, 3.8) is 0 Å². The van der Waals surface area contributed by atoms with E-state index in [1.165, 1.54) is 177 Å². The Bertz CT molecular complexity index is 1150. The first-order chi connectivity index (χ1) is 26.7. The molecule has 2 aromatic rings. The molecule has 7 nitrogen and oxygen atoms in total. The van der Waals surface area contributed by atoms with Gasteiger partial charge in [-0.1, -0.05) is 155 Å². The maximum atomic E-state index is 11.8. The molecule has 0 fully saturated rings. The molecule has 0 atom stereocenters. The van der Waals surface area contributed by atoms with Gasteiger partial charge < -0.3 is 24.5 Å². The second kappa shape index (κ2) is 33.6. The molecule has 2 aromatic carbocycles. The van der Waals surface area contributed by atoms with E-state index in [0.29, 0.717) is 0 Å². The van der Waals surface area contributed by atoms with Crippen LogP contribution in [-0.2, 0) is 0 Å². The molecule has 312 valence electrons. The number of aromatic carboxylic acids is 2. The van der Waals surface area contributed by atoms with E-state index in [4.69, 9.17) is 19.5 Å². The van der Waals surface area contributed by atoms with Crippen molar-refractivity contribution in [2.45, 2.75) is 182 Å². The molecule has 55 heavy (non-hydrogen) atoms. The van der Waals surface area contributed by atoms with E-state index in [1.54, 1.807) is 50.3 Å². The van der Waals surface area contributed by atoms with E-state index in [0.717, 1.165) is 0 Å². The predicted octanol–water partition coefficient (Wildman–Crippen LogP) is 13.3. The Hall–Kier alpha value is -2.57. The summed E-state index contributed by atoms with van der Waals surface area (Å²) in [6, 6.07) is 11.1. The minimum Gasteiger partial charge on any atom is -0.808 e. The van der Waals surface area contributed by atoms with Crippen LogP contribution >= 0.6 is 7.26 Å². The molecule has 2 rings (SSSR count). The van der Waals surface area contributed by atoms with Gasteiger partial charge in [0.1, 0.15) is 11.5 Å². The lowest BCUT2D eigenvalue weighted by Gasteiger charge is -2.28. The Morgan fingerprint density at radius 1 is 0.473 bits per heavy atom. The van der Waals surface area contributed by atoms with Crippen molar-refractivity contribution >= 4 is 26.5 Å². The van der Waals surface area contributed by atoms with Gasteiger partial charge in [0.05, 0.1) is 35.8 Å². The van der Waals surface area contributed by atoms with Crippen molar-refractivity contribution in [1.29, 1.82) is 0 Å². The summed E-state index contributed by atoms with van der Waals surface area (Å²) in [5.41, 5.74) is -0.392. The predicted molar refractivity (Wildman–Crippen MR) is 234 cm³/mol. The molecule has 0 aliphatic heterocycles. The Kier molecular flexibility index (Phi) is 30.8. The average Bonchev–Trinajstić information content (AvgIpc) is 3.17. The topological polar surface area (TPSA) is 116 Å². The summed E-state index contributed by atoms with van der Waals surface area (Å²) in [5, 5.41) is 29.8. The zero-order valence-corrected chi connectivity index (χ0v) is 36.3. The molecule has 0 unspecified atom stereocenters. The highest BCUT2D eigenvalue weighted by Crippen LogP contribution is 2.61. The molecule has 0 saturated carbocycles. The van der Waals surface area contributed by atoms with Crippen LogP contribution in [0.25, 0.3) is 0 Å². The highest BCUT2D eigenvalue weighted by atomic mass is 31.2. The maximum absolute atomic E-state index is 11.8. The second-order valence-corrected chi connectivity index (χ2v) is 19.9. The van der Waals surface area contributed by atoms with Crippen LogP contribution in [-0.4, -0.2) is 54.1 Å². The SMILES string of the molecule is CCCCCCCCCCCCCC[P+](CCCCCC)(CCCCCC)CCCCCC.O=C(O)c1ccccc1OB([O-])Oc1ccccc1C(=O)O. The molecule has 0 saturated heterocycles. The highest BCUT2D eigenvalue weighted by Gasteiger charge is 2.35. The van der Waals surface area contributed by atoms with Gasteiger partial charge in [0.25, 0.3) is 0 Å². The van der Waals surface area contributed by atoms with Gasteiger partial charge in [-0.2, -0.15) is 0 Å². The third kappa shape index (κ3) is 24.6. The number of rotatable bonds is 34. The first-order valence-electron chi connectivity index (χ1n) is 22.2. The Morgan fingerprint density at radius 2 is 0.727 bits per heavy atom. The molecule has 0 spiro atoms. The summed E-state index contributed by atoms with van der Waals surface area (Å²) in [4.78, 5) is 22.0. The van der Waals surface area contributed by atoms with Crippen LogP contribution in [0.5, 0.6) is 11.5 Å². The van der Waals surface area contributed by atoms with Crippen LogP contribution in [0.4, 0.5) is 0 Å². The lowest BCUT2D eigenvalue weighted by Crippen LogP contribution is -2.44. The zero-order valence-electron chi connectivity index (χ0n) is 35.4. The van der Waals surface area contributed by atoms with E-state index in [9.17, 15) is 14.6 Å². The molecule has 0 aromatic heterocycles. The van der Waals surface area contributed by atoms with Crippen LogP contribution in [0.1, 0.15) is 203 Å². The number of unbranched alkanes of at least 4 members (excludes halogenated alkanes) is 20. The van der Waals surface area contributed by atoms with Gasteiger partial charge in [0.15, 0.2) is 0 Å². The summed E-state index contributed by atoms with van der Waals surface area (Å²) < 4.78 is 9.79. The molecular weight excluding hydrogens is 706 g/mol. The smallest absolute Gasteiger partial charge is 0.492 e. The fraction of sp³-hybridized carbons (Fsp3) is 0.696. The molecule has 9 heteroatoms. The van der Waals surface area contributed by atoms with Gasteiger partial charge in [0, 0.05) is 7.26 Å². The number of benzene rings is 2. The summed E-state index contributed by atoms with van der Waals surface area (Å²) in [5.74, 6) is -2.84. The Labute approximate surface area is 337 Å². The number of hydrogen-bond donors (Lipinski definition) is 2. The van der Waals surface area contributed by atoms with Crippen molar-refractivity contribution < 1.29 is 34.1 Å². The van der Waals surface area contributed by atoms with Crippen molar-refractivity contribution in [2.24, 2.45) is 0 Å². The standard InChI is InChI=1S/C32H68P.C14H10BO7/c1-5-9-13-17-18-19-20-21-22-23-24-28-32-33(29-25-14-10-6-2,30-26-15-11-7-3)31-27-16-12-8-4;16-13(17)9-5-1-3-7-11(9)21-15(20)22-12-8-4-2-6-10(12)14(18)19/h5-32H2,1-4H3;1-8H,(H,16,17)(H,18,19)/q+1;-1. The highest BCUT2D eigenvalue weighted by molar-refractivity contribution is 7.75. The number of hydrogen-bond acceptors (Lipinski definition) is 5. The molecule has 0 heterocycles. The number of carboxylic acid groups (broad SMARTS) is 2. The normalized spacial score (nSPS) is 11.1. The van der Waals surface area contributed by atoms with E-state index < -0.39 is 26.5 Å². The molecule has 0 aliphatic carbocycles. The minimum atomic E-state index is -2.11. The summed E-state index contributed by atoms with van der Waals surface area (Å²) in [6.07, 6.45) is 42.1. The van der Waals surface area contributed by atoms with Gasteiger partial charge in [-0.15, -0.1) is 0 Å². The van der Waals surface area contributed by atoms with E-state index in [-0.39, 0.29) is 22.6 Å². The summed E-state index contributed by atoms with van der Waals surface area (Å²) in [7, 11) is -2.81. The van der Waals surface area contributed by atoms with Crippen LogP contribution in [0.3, 0.4) is 0 Å². The minimum absolute atomic E-state index is 0.164. The van der Waals surface area contributed by atoms with Crippen LogP contribution in [0.2, 0.25) is 0 Å². The molecule has 0 aliphatic rings. The maximum Gasteiger partial charge on any atom is 0.492 e. The fourth-order valence-electron chi connectivity index (χ4n) is 7.30. The molecule has 2 N–H and O–H groups in total. The fourth-order valence-corrected chi connectivity index (χ4v) is 12.2. The van der Waals surface area contributed by atoms with Crippen molar-refractivity contribution in [1.82, 2.24) is 0 Å². The average molecular weight is 785 g/mol. The lowest BCUT2D eigenvalue weighted by atomic mass is 10.1. The van der Waals surface area contributed by atoms with Crippen LogP contribution in [0, 0.1) is 0 Å². The molecule has 0 bridgehead atoms. The largest absolute Gasteiger partial charge is 0.808 e. The van der Waals surface area contributed by atoms with Gasteiger partial charge in [-0.05, 0) is 75.6 Å². The van der Waals surface area contributed by atoms with Crippen molar-refractivity contribution in [3.05, 3.63) is 59.7 Å². The zero-order chi connectivity index (χ0) is 40.4. The van der Waals surface area contributed by atoms with Gasteiger partial charge in [-0.3, -0.25) is 0 Å². The number of carbonyl (C=O) groups is 2. The number of para-hydroxylation sites is 2. The molecule has 0 radical (unpaired) electrons. The van der Waals surface area contributed by atoms with E-state index in [2.05, 4.69) is 27.7 Å². The van der Waals surface area contributed by atoms with Crippen molar-refractivity contribution in [2.75, 3.05) is 24.6 Å². The second-order valence-electron chi connectivity index (χ2n) is 15.4. The third-order valence-electron chi connectivity index (χ3n) is 10.6.